The Balaban J connectivity index is 1.51. The van der Waals surface area contributed by atoms with E-state index >= 15 is 0 Å². The van der Waals surface area contributed by atoms with Crippen molar-refractivity contribution in [2.45, 2.75) is 19.8 Å². The van der Waals surface area contributed by atoms with Crippen molar-refractivity contribution in [1.29, 1.82) is 0 Å². The van der Waals surface area contributed by atoms with Gasteiger partial charge in [0, 0.05) is 29.1 Å². The van der Waals surface area contributed by atoms with Gasteiger partial charge in [0.2, 0.25) is 5.91 Å². The van der Waals surface area contributed by atoms with Crippen molar-refractivity contribution in [3.05, 3.63) is 63.9 Å². The molecule has 0 spiro atoms. The van der Waals surface area contributed by atoms with Gasteiger partial charge in [-0.2, -0.15) is 0 Å². The zero-order valence-corrected chi connectivity index (χ0v) is 15.0. The molecule has 4 rings (SSSR count). The number of fused-ring (bicyclic) bond motifs is 2. The third-order valence-electron chi connectivity index (χ3n) is 4.62. The number of aromatic amines is 1. The Morgan fingerprint density at radius 1 is 1.11 bits per heavy atom. The first-order valence-electron chi connectivity index (χ1n) is 8.91. The van der Waals surface area contributed by atoms with E-state index in [1.807, 2.05) is 43.3 Å². The minimum Gasteiger partial charge on any atom is -0.486 e. The van der Waals surface area contributed by atoms with Crippen molar-refractivity contribution in [2.24, 2.45) is 0 Å². The van der Waals surface area contributed by atoms with Crippen molar-refractivity contribution >= 4 is 22.5 Å². The molecule has 0 bridgehead atoms. The third kappa shape index (κ3) is 3.65. The summed E-state index contributed by atoms with van der Waals surface area (Å²) in [5.41, 5.74) is 2.86. The van der Waals surface area contributed by atoms with Crippen LogP contribution in [0, 0.1) is 6.92 Å². The molecule has 6 heteroatoms. The fourth-order valence-electron chi connectivity index (χ4n) is 3.15. The molecule has 1 aromatic heterocycles. The SMILES string of the molecule is Cc1ccccc1NC(=O)CCc1cc2cc3c(cc2[nH]c1=O)OCCO3. The van der Waals surface area contributed by atoms with Crippen LogP contribution in [0.1, 0.15) is 17.5 Å². The Morgan fingerprint density at radius 2 is 1.85 bits per heavy atom. The molecule has 0 radical (unpaired) electrons. The van der Waals surface area contributed by atoms with Crippen LogP contribution in [0.2, 0.25) is 0 Å². The lowest BCUT2D eigenvalue weighted by molar-refractivity contribution is -0.116. The number of hydrogen-bond acceptors (Lipinski definition) is 4. The number of ether oxygens (including phenoxy) is 2. The number of anilines is 1. The quantitative estimate of drug-likeness (QED) is 0.745. The van der Waals surface area contributed by atoms with E-state index in [1.54, 1.807) is 6.07 Å². The number of amides is 1. The second-order valence-electron chi connectivity index (χ2n) is 6.57. The van der Waals surface area contributed by atoms with E-state index in [9.17, 15) is 9.59 Å². The molecule has 27 heavy (non-hydrogen) atoms. The van der Waals surface area contributed by atoms with Crippen LogP contribution in [0.25, 0.3) is 10.9 Å². The maximum atomic E-state index is 12.4. The summed E-state index contributed by atoms with van der Waals surface area (Å²) in [5, 5.41) is 3.75. The van der Waals surface area contributed by atoms with Gasteiger partial charge in [0.15, 0.2) is 11.5 Å². The molecular weight excluding hydrogens is 344 g/mol. The monoisotopic (exact) mass is 364 g/mol. The highest BCUT2D eigenvalue weighted by Crippen LogP contribution is 2.33. The summed E-state index contributed by atoms with van der Waals surface area (Å²) in [7, 11) is 0. The Labute approximate surface area is 156 Å². The summed E-state index contributed by atoms with van der Waals surface area (Å²) >= 11 is 0. The van der Waals surface area contributed by atoms with Crippen LogP contribution in [0.3, 0.4) is 0 Å². The highest BCUT2D eigenvalue weighted by Gasteiger charge is 2.14. The lowest BCUT2D eigenvalue weighted by Crippen LogP contribution is -2.18. The van der Waals surface area contributed by atoms with Gasteiger partial charge in [-0.15, -0.1) is 0 Å². The normalized spacial score (nSPS) is 12.8. The zero-order valence-electron chi connectivity index (χ0n) is 15.0. The summed E-state index contributed by atoms with van der Waals surface area (Å²) in [6.45, 7) is 2.95. The number of rotatable bonds is 4. The van der Waals surface area contributed by atoms with Gasteiger partial charge >= 0.3 is 0 Å². The number of hydrogen-bond donors (Lipinski definition) is 2. The molecule has 0 aliphatic carbocycles. The number of H-pyrrole nitrogens is 1. The molecule has 2 heterocycles. The van der Waals surface area contributed by atoms with Gasteiger partial charge in [0.05, 0.1) is 5.52 Å². The zero-order chi connectivity index (χ0) is 18.8. The molecule has 0 fully saturated rings. The molecule has 0 unspecified atom stereocenters. The van der Waals surface area contributed by atoms with Gasteiger partial charge < -0.3 is 19.8 Å². The average molecular weight is 364 g/mol. The number of benzene rings is 2. The molecule has 1 amide bonds. The second-order valence-corrected chi connectivity index (χ2v) is 6.57. The fourth-order valence-corrected chi connectivity index (χ4v) is 3.15. The molecule has 138 valence electrons. The molecule has 0 saturated carbocycles. The Bertz CT molecular complexity index is 1070. The van der Waals surface area contributed by atoms with Gasteiger partial charge in [-0.3, -0.25) is 9.59 Å². The van der Waals surface area contributed by atoms with Crippen LogP contribution in [0.5, 0.6) is 11.5 Å². The van der Waals surface area contributed by atoms with Crippen LogP contribution in [-0.4, -0.2) is 24.1 Å². The summed E-state index contributed by atoms with van der Waals surface area (Å²) in [6, 6.07) is 13.1. The summed E-state index contributed by atoms with van der Waals surface area (Å²) in [6.07, 6.45) is 0.588. The number of aryl methyl sites for hydroxylation is 2. The van der Waals surface area contributed by atoms with Gasteiger partial charge in [0.25, 0.3) is 5.56 Å². The van der Waals surface area contributed by atoms with E-state index in [4.69, 9.17) is 9.47 Å². The largest absolute Gasteiger partial charge is 0.486 e. The van der Waals surface area contributed by atoms with E-state index < -0.39 is 0 Å². The first-order valence-corrected chi connectivity index (χ1v) is 8.91. The lowest BCUT2D eigenvalue weighted by atomic mass is 10.1. The van der Waals surface area contributed by atoms with Gasteiger partial charge in [-0.25, -0.2) is 0 Å². The fraction of sp³-hybridized carbons (Fsp3) is 0.238. The second kappa shape index (κ2) is 7.15. The molecule has 1 aliphatic heterocycles. The third-order valence-corrected chi connectivity index (χ3v) is 4.62. The maximum Gasteiger partial charge on any atom is 0.251 e. The molecule has 6 nitrogen and oxygen atoms in total. The maximum absolute atomic E-state index is 12.4. The van der Waals surface area contributed by atoms with Gasteiger partial charge in [0.1, 0.15) is 13.2 Å². The standard InChI is InChI=1S/C21H20N2O4/c1-13-4-2-3-5-16(13)22-20(24)7-6-14-10-15-11-18-19(27-9-8-26-18)12-17(15)23-21(14)25/h2-5,10-12H,6-9H2,1H3,(H,22,24)(H,23,25). The molecule has 1 aliphatic rings. The van der Waals surface area contributed by atoms with Crippen LogP contribution in [-0.2, 0) is 11.2 Å². The Hall–Kier alpha value is -3.28. The summed E-state index contributed by atoms with van der Waals surface area (Å²) < 4.78 is 11.1. The first-order chi connectivity index (χ1) is 13.1. The Morgan fingerprint density at radius 3 is 2.63 bits per heavy atom. The van der Waals surface area contributed by atoms with Crippen molar-refractivity contribution < 1.29 is 14.3 Å². The molecule has 3 aromatic rings. The number of carbonyl (C=O) groups excluding carboxylic acids is 1. The van der Waals surface area contributed by atoms with Crippen LogP contribution < -0.4 is 20.3 Å². The van der Waals surface area contributed by atoms with Gasteiger partial charge in [-0.05, 0) is 37.1 Å². The predicted octanol–water partition coefficient (Wildman–Crippen LogP) is 3.18. The highest BCUT2D eigenvalue weighted by molar-refractivity contribution is 5.91. The van der Waals surface area contributed by atoms with Crippen LogP contribution in [0.15, 0.2) is 47.3 Å². The lowest BCUT2D eigenvalue weighted by Gasteiger charge is -2.18. The van der Waals surface area contributed by atoms with Crippen molar-refractivity contribution in [3.63, 3.8) is 0 Å². The summed E-state index contributed by atoms with van der Waals surface area (Å²) in [5.74, 6) is 1.18. The number of aromatic nitrogens is 1. The van der Waals surface area contributed by atoms with Crippen molar-refractivity contribution in [2.75, 3.05) is 18.5 Å². The smallest absolute Gasteiger partial charge is 0.251 e. The van der Waals surface area contributed by atoms with E-state index in [-0.39, 0.29) is 17.9 Å². The van der Waals surface area contributed by atoms with Crippen molar-refractivity contribution in [3.8, 4) is 11.5 Å². The molecular formula is C21H20N2O4. The molecule has 0 atom stereocenters. The van der Waals surface area contributed by atoms with E-state index in [2.05, 4.69) is 10.3 Å². The van der Waals surface area contributed by atoms with E-state index in [1.165, 1.54) is 0 Å². The minimum atomic E-state index is -0.192. The highest BCUT2D eigenvalue weighted by atomic mass is 16.6. The molecule has 2 aromatic carbocycles. The first kappa shape index (κ1) is 17.1. The van der Waals surface area contributed by atoms with Crippen molar-refractivity contribution in [1.82, 2.24) is 4.98 Å². The summed E-state index contributed by atoms with van der Waals surface area (Å²) in [4.78, 5) is 27.5. The number of para-hydroxylation sites is 1. The van der Waals surface area contributed by atoms with E-state index in [0.717, 1.165) is 16.6 Å². The van der Waals surface area contributed by atoms with E-state index in [0.29, 0.717) is 42.2 Å². The van der Waals surface area contributed by atoms with Crippen LogP contribution in [0.4, 0.5) is 5.69 Å². The topological polar surface area (TPSA) is 80.4 Å². The van der Waals surface area contributed by atoms with Crippen LogP contribution >= 0.6 is 0 Å². The predicted molar refractivity (Wildman–Crippen MR) is 104 cm³/mol. The minimum absolute atomic E-state index is 0.119. The molecule has 2 N–H and O–H groups in total. The molecule has 0 saturated heterocycles. The average Bonchev–Trinajstić information content (AvgIpc) is 2.66. The number of pyridine rings is 1. The Kier molecular flexibility index (Phi) is 4.54. The number of carbonyl (C=O) groups is 1. The van der Waals surface area contributed by atoms with Gasteiger partial charge in [-0.1, -0.05) is 18.2 Å². The number of nitrogens with one attached hydrogen (secondary N) is 2.